The average molecular weight is 370 g/mol. The van der Waals surface area contributed by atoms with Crippen LogP contribution in [0.3, 0.4) is 0 Å². The third kappa shape index (κ3) is 4.70. The van der Waals surface area contributed by atoms with Gasteiger partial charge in [0.25, 0.3) is 0 Å². The van der Waals surface area contributed by atoms with Gasteiger partial charge in [-0.25, -0.2) is 0 Å². The summed E-state index contributed by atoms with van der Waals surface area (Å²) < 4.78 is 7.02. The molecule has 1 fully saturated rings. The van der Waals surface area contributed by atoms with Crippen LogP contribution >= 0.6 is 0 Å². The van der Waals surface area contributed by atoms with E-state index in [0.29, 0.717) is 6.61 Å². The predicted octanol–water partition coefficient (Wildman–Crippen LogP) is 3.31. The molecular formula is C23H33N2O2+. The van der Waals surface area contributed by atoms with E-state index in [9.17, 15) is 5.11 Å². The van der Waals surface area contributed by atoms with Crippen molar-refractivity contribution in [3.8, 4) is 5.75 Å². The highest BCUT2D eigenvalue weighted by Crippen LogP contribution is 2.34. The Bertz CT molecular complexity index is 699. The van der Waals surface area contributed by atoms with Gasteiger partial charge in [-0.3, -0.25) is 0 Å². The Morgan fingerprint density at radius 2 is 1.70 bits per heavy atom. The summed E-state index contributed by atoms with van der Waals surface area (Å²) in [4.78, 5) is 0. The fourth-order valence-corrected chi connectivity index (χ4v) is 4.31. The minimum Gasteiger partial charge on any atom is -0.487 e. The van der Waals surface area contributed by atoms with Gasteiger partial charge >= 0.3 is 0 Å². The van der Waals surface area contributed by atoms with Gasteiger partial charge in [0.1, 0.15) is 31.0 Å². The van der Waals surface area contributed by atoms with E-state index >= 15 is 0 Å². The number of quaternary nitrogens is 1. The number of aryl methyl sites for hydroxylation is 1. The first kappa shape index (κ1) is 19.9. The third-order valence-electron chi connectivity index (χ3n) is 5.87. The van der Waals surface area contributed by atoms with Crippen LogP contribution in [0.15, 0.2) is 54.6 Å². The van der Waals surface area contributed by atoms with Crippen molar-refractivity contribution in [2.45, 2.75) is 32.4 Å². The van der Waals surface area contributed by atoms with E-state index in [-0.39, 0.29) is 12.1 Å². The molecule has 146 valence electrons. The van der Waals surface area contributed by atoms with Gasteiger partial charge in [0, 0.05) is 18.7 Å². The van der Waals surface area contributed by atoms with Gasteiger partial charge in [-0.2, -0.15) is 0 Å². The minimum atomic E-state index is -0.357. The molecule has 2 unspecified atom stereocenters. The van der Waals surface area contributed by atoms with Crippen molar-refractivity contribution < 1.29 is 14.3 Å². The molecule has 1 aliphatic rings. The molecule has 0 spiro atoms. The normalized spacial score (nSPS) is 18.6. The van der Waals surface area contributed by atoms with Crippen LogP contribution in [0, 0.1) is 6.92 Å². The second-order valence-electron chi connectivity index (χ2n) is 7.58. The number of aliphatic hydroxyl groups is 1. The molecule has 2 aromatic carbocycles. The van der Waals surface area contributed by atoms with E-state index in [1.54, 1.807) is 0 Å². The van der Waals surface area contributed by atoms with Gasteiger partial charge in [-0.15, -0.1) is 0 Å². The zero-order valence-corrected chi connectivity index (χ0v) is 16.6. The molecule has 3 rings (SSSR count). The summed E-state index contributed by atoms with van der Waals surface area (Å²) in [6.07, 6.45) is 0.398. The maximum atomic E-state index is 11.0. The highest BCUT2D eigenvalue weighted by Gasteiger charge is 2.42. The van der Waals surface area contributed by atoms with Crippen molar-refractivity contribution in [2.24, 2.45) is 0 Å². The van der Waals surface area contributed by atoms with Crippen molar-refractivity contribution in [2.75, 3.05) is 39.3 Å². The van der Waals surface area contributed by atoms with Crippen LogP contribution in [-0.4, -0.2) is 55.0 Å². The molecule has 2 aromatic rings. The van der Waals surface area contributed by atoms with Crippen molar-refractivity contribution in [3.05, 3.63) is 65.7 Å². The summed E-state index contributed by atoms with van der Waals surface area (Å²) in [6, 6.07) is 18.8. The summed E-state index contributed by atoms with van der Waals surface area (Å²) >= 11 is 0. The highest BCUT2D eigenvalue weighted by atomic mass is 16.5. The van der Waals surface area contributed by atoms with E-state index in [1.807, 2.05) is 24.3 Å². The summed E-state index contributed by atoms with van der Waals surface area (Å²) in [5.74, 6) is 0.957. The fourth-order valence-electron chi connectivity index (χ4n) is 4.31. The molecule has 27 heavy (non-hydrogen) atoms. The SMILES string of the molecule is CCC(O)C(c1ccccc1)[N+]1(CCOc2ccccc2C)CCNCC1. The number of para-hydroxylation sites is 1. The summed E-state index contributed by atoms with van der Waals surface area (Å²) in [7, 11) is 0. The lowest BCUT2D eigenvalue weighted by atomic mass is 9.94. The molecular weight excluding hydrogens is 336 g/mol. The number of hydrogen-bond acceptors (Lipinski definition) is 3. The van der Waals surface area contributed by atoms with Crippen molar-refractivity contribution in [3.63, 3.8) is 0 Å². The summed E-state index contributed by atoms with van der Waals surface area (Å²) in [6.45, 7) is 9.67. The first-order valence-electron chi connectivity index (χ1n) is 10.1. The molecule has 4 nitrogen and oxygen atoms in total. The number of piperazine rings is 1. The molecule has 1 saturated heterocycles. The molecule has 2 atom stereocenters. The molecule has 0 aliphatic carbocycles. The Morgan fingerprint density at radius 1 is 1.04 bits per heavy atom. The number of aliphatic hydroxyl groups excluding tert-OH is 1. The van der Waals surface area contributed by atoms with Gasteiger partial charge in [-0.1, -0.05) is 55.5 Å². The van der Waals surface area contributed by atoms with Crippen molar-refractivity contribution in [1.82, 2.24) is 5.32 Å². The Morgan fingerprint density at radius 3 is 2.37 bits per heavy atom. The second-order valence-corrected chi connectivity index (χ2v) is 7.58. The number of hydrogen-bond donors (Lipinski definition) is 2. The van der Waals surface area contributed by atoms with Crippen molar-refractivity contribution >= 4 is 0 Å². The van der Waals surface area contributed by atoms with Crippen LogP contribution in [0.25, 0.3) is 0 Å². The van der Waals surface area contributed by atoms with Crippen LogP contribution in [0.2, 0.25) is 0 Å². The summed E-state index contributed by atoms with van der Waals surface area (Å²) in [5.41, 5.74) is 2.39. The number of rotatable bonds is 8. The van der Waals surface area contributed by atoms with Crippen LogP contribution in [0.1, 0.15) is 30.5 Å². The highest BCUT2D eigenvalue weighted by molar-refractivity contribution is 5.31. The lowest BCUT2D eigenvalue weighted by molar-refractivity contribution is -0.962. The number of ether oxygens (including phenoxy) is 1. The van der Waals surface area contributed by atoms with Gasteiger partial charge in [0.15, 0.2) is 0 Å². The number of nitrogens with one attached hydrogen (secondary N) is 1. The quantitative estimate of drug-likeness (QED) is 0.702. The van der Waals surface area contributed by atoms with Gasteiger partial charge in [-0.05, 0) is 25.0 Å². The van der Waals surface area contributed by atoms with Crippen molar-refractivity contribution in [1.29, 1.82) is 0 Å². The molecule has 0 bridgehead atoms. The number of nitrogens with zero attached hydrogens (tertiary/aromatic N) is 1. The first-order valence-corrected chi connectivity index (χ1v) is 10.1. The zero-order valence-electron chi connectivity index (χ0n) is 16.6. The van der Waals surface area contributed by atoms with Crippen LogP contribution < -0.4 is 10.1 Å². The molecule has 0 amide bonds. The molecule has 0 saturated carbocycles. The second kappa shape index (κ2) is 9.36. The maximum Gasteiger partial charge on any atom is 0.141 e. The van der Waals surface area contributed by atoms with E-state index in [4.69, 9.17) is 4.74 Å². The average Bonchev–Trinajstić information content (AvgIpc) is 2.71. The van der Waals surface area contributed by atoms with E-state index in [2.05, 4.69) is 49.5 Å². The smallest absolute Gasteiger partial charge is 0.141 e. The topological polar surface area (TPSA) is 41.5 Å². The largest absolute Gasteiger partial charge is 0.487 e. The Labute approximate surface area is 163 Å². The fraction of sp³-hybridized carbons (Fsp3) is 0.478. The molecule has 2 N–H and O–H groups in total. The van der Waals surface area contributed by atoms with E-state index in [1.165, 1.54) is 5.56 Å². The monoisotopic (exact) mass is 369 g/mol. The number of benzene rings is 2. The third-order valence-corrected chi connectivity index (χ3v) is 5.87. The van der Waals surface area contributed by atoms with Crippen LogP contribution in [0.5, 0.6) is 5.75 Å². The maximum absolute atomic E-state index is 11.0. The van der Waals surface area contributed by atoms with Gasteiger partial charge < -0.3 is 19.6 Å². The molecule has 0 radical (unpaired) electrons. The lowest BCUT2D eigenvalue weighted by Gasteiger charge is -2.49. The van der Waals surface area contributed by atoms with Crippen LogP contribution in [0.4, 0.5) is 0 Å². The summed E-state index contributed by atoms with van der Waals surface area (Å²) in [5, 5.41) is 14.5. The van der Waals surface area contributed by atoms with Crippen LogP contribution in [-0.2, 0) is 0 Å². The van der Waals surface area contributed by atoms with Gasteiger partial charge in [0.05, 0.1) is 13.1 Å². The predicted molar refractivity (Wildman–Crippen MR) is 110 cm³/mol. The zero-order chi connectivity index (χ0) is 19.1. The van der Waals surface area contributed by atoms with E-state index < -0.39 is 0 Å². The van der Waals surface area contributed by atoms with Gasteiger partial charge in [0.2, 0.25) is 0 Å². The molecule has 4 heteroatoms. The van der Waals surface area contributed by atoms with E-state index in [0.717, 1.165) is 54.9 Å². The lowest BCUT2D eigenvalue weighted by Crippen LogP contribution is -2.63. The minimum absolute atomic E-state index is 0.0822. The molecule has 1 aliphatic heterocycles. The first-order chi connectivity index (χ1) is 13.2. The molecule has 1 heterocycles. The Balaban J connectivity index is 1.82. The Kier molecular flexibility index (Phi) is 6.89. The molecule has 0 aromatic heterocycles. The standard InChI is InChI=1S/C23H33N2O2/c1-3-21(26)23(20-10-5-4-6-11-20)25(15-13-24-14-16-25)17-18-27-22-12-8-7-9-19(22)2/h4-12,21,23-24,26H,3,13-18H2,1-2H3/q+1. The Hall–Kier alpha value is -1.88.